The van der Waals surface area contributed by atoms with Gasteiger partial charge in [-0.25, -0.2) is 4.98 Å². The van der Waals surface area contributed by atoms with Crippen molar-refractivity contribution in [3.8, 4) is 0 Å². The first-order valence-corrected chi connectivity index (χ1v) is 5.74. The number of aryl methyl sites for hydroxylation is 1. The summed E-state index contributed by atoms with van der Waals surface area (Å²) in [5.74, 6) is 1.01. The molecule has 0 saturated carbocycles. The fourth-order valence-electron chi connectivity index (χ4n) is 2.55. The lowest BCUT2D eigenvalue weighted by Gasteiger charge is -2.33. The molecule has 1 aliphatic rings. The van der Waals surface area contributed by atoms with E-state index in [0.717, 1.165) is 25.1 Å². The number of nitrogens with zero attached hydrogens (tertiary/aromatic N) is 3. The summed E-state index contributed by atoms with van der Waals surface area (Å²) in [6, 6.07) is 0.187. The van der Waals surface area contributed by atoms with E-state index in [1.165, 1.54) is 5.57 Å². The molecule has 2 N–H and O–H groups in total. The largest absolute Gasteiger partial charge is 0.324 e. The van der Waals surface area contributed by atoms with Crippen LogP contribution in [0.15, 0.2) is 18.0 Å². The second-order valence-corrected chi connectivity index (χ2v) is 5.51. The molecule has 1 aromatic heterocycles. The van der Waals surface area contributed by atoms with Crippen molar-refractivity contribution in [1.82, 2.24) is 14.8 Å². The van der Waals surface area contributed by atoms with E-state index in [-0.39, 0.29) is 6.04 Å². The molecular formula is C12H20N4. The lowest BCUT2D eigenvalue weighted by Crippen LogP contribution is -2.31. The topological polar surface area (TPSA) is 56.7 Å². The summed E-state index contributed by atoms with van der Waals surface area (Å²) in [6.07, 6.45) is 6.83. The fourth-order valence-corrected chi connectivity index (χ4v) is 2.55. The van der Waals surface area contributed by atoms with E-state index in [1.807, 2.05) is 11.7 Å². The van der Waals surface area contributed by atoms with Crippen LogP contribution in [0.4, 0.5) is 0 Å². The molecule has 1 heterocycles. The minimum Gasteiger partial charge on any atom is -0.324 e. The third kappa shape index (κ3) is 2.50. The predicted molar refractivity (Wildman–Crippen MR) is 63.8 cm³/mol. The predicted octanol–water partition coefficient (Wildman–Crippen LogP) is 1.43. The minimum atomic E-state index is 0.187. The van der Waals surface area contributed by atoms with E-state index in [0.29, 0.717) is 5.41 Å². The first kappa shape index (κ1) is 11.3. The minimum absolute atomic E-state index is 0.187. The first-order valence-electron chi connectivity index (χ1n) is 5.74. The summed E-state index contributed by atoms with van der Waals surface area (Å²) in [5.41, 5.74) is 7.74. The molecule has 1 unspecified atom stereocenters. The van der Waals surface area contributed by atoms with Gasteiger partial charge >= 0.3 is 0 Å². The van der Waals surface area contributed by atoms with Gasteiger partial charge in [-0.3, -0.25) is 4.68 Å². The zero-order valence-electron chi connectivity index (χ0n) is 10.3. The monoisotopic (exact) mass is 220 g/mol. The Bertz CT molecular complexity index is 403. The molecule has 4 heteroatoms. The van der Waals surface area contributed by atoms with Gasteiger partial charge in [0.1, 0.15) is 12.2 Å². The molecule has 0 radical (unpaired) electrons. The zero-order chi connectivity index (χ0) is 11.8. The van der Waals surface area contributed by atoms with Crippen LogP contribution < -0.4 is 5.73 Å². The van der Waals surface area contributed by atoms with E-state index < -0.39 is 0 Å². The summed E-state index contributed by atoms with van der Waals surface area (Å²) < 4.78 is 1.83. The van der Waals surface area contributed by atoms with Crippen LogP contribution in [-0.4, -0.2) is 20.8 Å². The Balaban J connectivity index is 2.13. The van der Waals surface area contributed by atoms with Gasteiger partial charge in [0.05, 0.1) is 0 Å². The van der Waals surface area contributed by atoms with Crippen molar-refractivity contribution in [2.45, 2.75) is 39.2 Å². The number of allylic oxidation sites excluding steroid dienone is 1. The Morgan fingerprint density at radius 2 is 2.31 bits per heavy atom. The molecule has 0 saturated heterocycles. The SMILES string of the molecule is Cn1ncnc1CC1=CC(N)CC(C)(C)C1. The second-order valence-electron chi connectivity index (χ2n) is 5.51. The van der Waals surface area contributed by atoms with Gasteiger partial charge in [-0.2, -0.15) is 5.10 Å². The molecule has 0 amide bonds. The van der Waals surface area contributed by atoms with Crippen molar-refractivity contribution >= 4 is 0 Å². The average Bonchev–Trinajstić information content (AvgIpc) is 2.48. The molecule has 1 aromatic rings. The van der Waals surface area contributed by atoms with Gasteiger partial charge in [-0.15, -0.1) is 0 Å². The van der Waals surface area contributed by atoms with Crippen LogP contribution in [0.25, 0.3) is 0 Å². The van der Waals surface area contributed by atoms with Crippen LogP contribution in [0.2, 0.25) is 0 Å². The normalized spacial score (nSPS) is 24.2. The molecule has 16 heavy (non-hydrogen) atoms. The van der Waals surface area contributed by atoms with Gasteiger partial charge in [-0.05, 0) is 18.3 Å². The third-order valence-electron chi connectivity index (χ3n) is 3.13. The molecular weight excluding hydrogens is 200 g/mol. The molecule has 1 atom stereocenters. The Labute approximate surface area is 96.6 Å². The second kappa shape index (κ2) is 4.01. The highest BCUT2D eigenvalue weighted by Gasteiger charge is 2.27. The standard InChI is InChI=1S/C12H20N4/c1-12(2)6-9(4-10(13)7-12)5-11-14-8-15-16(11)3/h4,8,10H,5-7,13H2,1-3H3. The van der Waals surface area contributed by atoms with E-state index in [1.54, 1.807) is 6.33 Å². The van der Waals surface area contributed by atoms with Gasteiger partial charge in [0.25, 0.3) is 0 Å². The van der Waals surface area contributed by atoms with Crippen LogP contribution in [0, 0.1) is 5.41 Å². The number of hydrogen-bond donors (Lipinski definition) is 1. The van der Waals surface area contributed by atoms with E-state index in [2.05, 4.69) is 30.0 Å². The van der Waals surface area contributed by atoms with Gasteiger partial charge in [0.15, 0.2) is 0 Å². The molecule has 0 spiro atoms. The van der Waals surface area contributed by atoms with Crippen LogP contribution in [0.1, 0.15) is 32.5 Å². The van der Waals surface area contributed by atoms with Gasteiger partial charge < -0.3 is 5.73 Å². The lowest BCUT2D eigenvalue weighted by molar-refractivity contribution is 0.299. The van der Waals surface area contributed by atoms with Gasteiger partial charge in [0.2, 0.25) is 0 Å². The molecule has 88 valence electrons. The molecule has 0 aromatic carbocycles. The Kier molecular flexibility index (Phi) is 2.84. The number of aromatic nitrogens is 3. The number of hydrogen-bond acceptors (Lipinski definition) is 3. The molecule has 0 aliphatic heterocycles. The third-order valence-corrected chi connectivity index (χ3v) is 3.13. The number of nitrogens with two attached hydrogens (primary N) is 1. The van der Waals surface area contributed by atoms with Crippen LogP contribution >= 0.6 is 0 Å². The molecule has 1 aliphatic carbocycles. The highest BCUT2D eigenvalue weighted by Crippen LogP contribution is 2.35. The fraction of sp³-hybridized carbons (Fsp3) is 0.667. The van der Waals surface area contributed by atoms with Crippen molar-refractivity contribution in [3.05, 3.63) is 23.8 Å². The Morgan fingerprint density at radius 1 is 1.56 bits per heavy atom. The summed E-state index contributed by atoms with van der Waals surface area (Å²) in [5, 5.41) is 4.08. The maximum Gasteiger partial charge on any atom is 0.138 e. The van der Waals surface area contributed by atoms with E-state index in [9.17, 15) is 0 Å². The van der Waals surface area contributed by atoms with Crippen LogP contribution in [0.5, 0.6) is 0 Å². The maximum absolute atomic E-state index is 6.05. The van der Waals surface area contributed by atoms with Crippen LogP contribution in [0.3, 0.4) is 0 Å². The molecule has 4 nitrogen and oxygen atoms in total. The first-order chi connectivity index (χ1) is 7.46. The zero-order valence-corrected chi connectivity index (χ0v) is 10.3. The van der Waals surface area contributed by atoms with Crippen molar-refractivity contribution in [2.24, 2.45) is 18.2 Å². The summed E-state index contributed by atoms with van der Waals surface area (Å²) in [4.78, 5) is 4.25. The quantitative estimate of drug-likeness (QED) is 0.767. The molecule has 0 bridgehead atoms. The summed E-state index contributed by atoms with van der Waals surface area (Å²) in [6.45, 7) is 4.55. The summed E-state index contributed by atoms with van der Waals surface area (Å²) in [7, 11) is 1.93. The maximum atomic E-state index is 6.05. The lowest BCUT2D eigenvalue weighted by atomic mass is 9.75. The highest BCUT2D eigenvalue weighted by atomic mass is 15.3. The van der Waals surface area contributed by atoms with Crippen molar-refractivity contribution in [1.29, 1.82) is 0 Å². The van der Waals surface area contributed by atoms with E-state index >= 15 is 0 Å². The summed E-state index contributed by atoms with van der Waals surface area (Å²) >= 11 is 0. The van der Waals surface area contributed by atoms with Crippen LogP contribution in [-0.2, 0) is 13.5 Å². The number of rotatable bonds is 2. The Hall–Kier alpha value is -1.16. The van der Waals surface area contributed by atoms with Crippen molar-refractivity contribution < 1.29 is 0 Å². The highest BCUT2D eigenvalue weighted by molar-refractivity contribution is 5.17. The molecule has 2 rings (SSSR count). The van der Waals surface area contributed by atoms with Crippen molar-refractivity contribution in [3.63, 3.8) is 0 Å². The van der Waals surface area contributed by atoms with Gasteiger partial charge in [0, 0.05) is 19.5 Å². The van der Waals surface area contributed by atoms with Crippen molar-refractivity contribution in [2.75, 3.05) is 0 Å². The smallest absolute Gasteiger partial charge is 0.138 e. The van der Waals surface area contributed by atoms with Gasteiger partial charge in [-0.1, -0.05) is 25.5 Å². The van der Waals surface area contributed by atoms with E-state index in [4.69, 9.17) is 5.73 Å². The molecule has 0 fully saturated rings. The average molecular weight is 220 g/mol. The Morgan fingerprint density at radius 3 is 2.88 bits per heavy atom.